The molecule has 0 radical (unpaired) electrons. The van der Waals surface area contributed by atoms with Crippen LogP contribution in [0.25, 0.3) is 0 Å². The van der Waals surface area contributed by atoms with Crippen molar-refractivity contribution in [2.75, 3.05) is 25.9 Å². The summed E-state index contributed by atoms with van der Waals surface area (Å²) in [6.45, 7) is 1.17. The molecule has 7 heteroatoms. The topological polar surface area (TPSA) is 98.7 Å². The molecular formula is C17H19N3O4. The molecule has 0 heterocycles. The molecule has 0 aliphatic rings. The van der Waals surface area contributed by atoms with Gasteiger partial charge in [0.2, 0.25) is 0 Å². The third kappa shape index (κ3) is 4.53. The van der Waals surface area contributed by atoms with Crippen LogP contribution in [0.4, 0.5) is 11.4 Å². The van der Waals surface area contributed by atoms with E-state index in [1.54, 1.807) is 7.05 Å². The van der Waals surface area contributed by atoms with Gasteiger partial charge in [0.25, 0.3) is 11.6 Å². The van der Waals surface area contributed by atoms with Crippen LogP contribution < -0.4 is 5.73 Å². The highest BCUT2D eigenvalue weighted by molar-refractivity contribution is 5.99. The van der Waals surface area contributed by atoms with Gasteiger partial charge >= 0.3 is 0 Å². The van der Waals surface area contributed by atoms with Crippen molar-refractivity contribution in [2.24, 2.45) is 0 Å². The fourth-order valence-electron chi connectivity index (χ4n) is 2.12. The fourth-order valence-corrected chi connectivity index (χ4v) is 2.12. The molecule has 2 aromatic rings. The van der Waals surface area contributed by atoms with E-state index in [2.05, 4.69) is 0 Å². The highest BCUT2D eigenvalue weighted by Crippen LogP contribution is 2.20. The van der Waals surface area contributed by atoms with E-state index in [0.717, 1.165) is 5.56 Å². The first kappa shape index (κ1) is 17.4. The second-order valence-electron chi connectivity index (χ2n) is 5.29. The van der Waals surface area contributed by atoms with Gasteiger partial charge in [-0.05, 0) is 11.6 Å². The van der Waals surface area contributed by atoms with E-state index in [1.165, 1.54) is 23.1 Å². The molecule has 0 saturated heterocycles. The Morgan fingerprint density at radius 1 is 1.25 bits per heavy atom. The maximum Gasteiger partial charge on any atom is 0.270 e. The lowest BCUT2D eigenvalue weighted by Crippen LogP contribution is -2.30. The quantitative estimate of drug-likeness (QED) is 0.364. The largest absolute Gasteiger partial charge is 0.398 e. The molecule has 0 bridgehead atoms. The lowest BCUT2D eigenvalue weighted by Gasteiger charge is -2.18. The molecule has 2 aromatic carbocycles. The number of nitrogen functional groups attached to an aromatic ring is 1. The number of anilines is 1. The fraction of sp³-hybridized carbons (Fsp3) is 0.235. The molecule has 0 unspecified atom stereocenters. The van der Waals surface area contributed by atoms with Crippen LogP contribution in [0.5, 0.6) is 0 Å². The Kier molecular flexibility index (Phi) is 5.86. The van der Waals surface area contributed by atoms with Crippen LogP contribution in [0.15, 0.2) is 48.5 Å². The molecular weight excluding hydrogens is 310 g/mol. The van der Waals surface area contributed by atoms with E-state index in [-0.39, 0.29) is 22.8 Å². The summed E-state index contributed by atoms with van der Waals surface area (Å²) in [4.78, 5) is 24.1. The van der Waals surface area contributed by atoms with E-state index in [1.807, 2.05) is 30.3 Å². The number of carbonyl (C=O) groups excluding carboxylic acids is 1. The van der Waals surface area contributed by atoms with E-state index in [9.17, 15) is 14.9 Å². The second kappa shape index (κ2) is 8.07. The van der Waals surface area contributed by atoms with Crippen LogP contribution in [0.2, 0.25) is 0 Å². The summed E-state index contributed by atoms with van der Waals surface area (Å²) in [5, 5.41) is 10.8. The van der Waals surface area contributed by atoms with Gasteiger partial charge in [-0.2, -0.15) is 0 Å². The Morgan fingerprint density at radius 3 is 2.62 bits per heavy atom. The van der Waals surface area contributed by atoms with Gasteiger partial charge in [-0.3, -0.25) is 14.9 Å². The number of hydrogen-bond donors (Lipinski definition) is 1. The van der Waals surface area contributed by atoms with Crippen molar-refractivity contribution in [3.63, 3.8) is 0 Å². The van der Waals surface area contributed by atoms with Crippen molar-refractivity contribution in [3.8, 4) is 0 Å². The number of non-ortho nitro benzene ring substituents is 1. The third-order valence-corrected chi connectivity index (χ3v) is 3.51. The average molecular weight is 329 g/mol. The van der Waals surface area contributed by atoms with Gasteiger partial charge in [-0.15, -0.1) is 0 Å². The number of ether oxygens (including phenoxy) is 1. The second-order valence-corrected chi connectivity index (χ2v) is 5.29. The van der Waals surface area contributed by atoms with Crippen LogP contribution in [0.3, 0.4) is 0 Å². The normalized spacial score (nSPS) is 10.4. The molecule has 126 valence electrons. The minimum atomic E-state index is -0.556. The minimum absolute atomic E-state index is 0.120. The first-order valence-electron chi connectivity index (χ1n) is 7.40. The van der Waals surface area contributed by atoms with Crippen molar-refractivity contribution >= 4 is 17.3 Å². The summed E-state index contributed by atoms with van der Waals surface area (Å²) < 4.78 is 5.54. The van der Waals surface area contributed by atoms with Crippen LogP contribution in [-0.2, 0) is 11.3 Å². The summed E-state index contributed by atoms with van der Waals surface area (Å²) in [5.74, 6) is -0.375. The lowest BCUT2D eigenvalue weighted by atomic mass is 10.1. The van der Waals surface area contributed by atoms with Gasteiger partial charge in [0, 0.05) is 31.4 Å². The Labute approximate surface area is 139 Å². The predicted octanol–water partition coefficient (Wildman–Crippen LogP) is 2.47. The summed E-state index contributed by atoms with van der Waals surface area (Å²) in [5.41, 5.74) is 6.97. The molecule has 0 aromatic heterocycles. The Bertz CT molecular complexity index is 719. The zero-order valence-corrected chi connectivity index (χ0v) is 13.3. The van der Waals surface area contributed by atoms with Crippen LogP contribution >= 0.6 is 0 Å². The number of carbonyl (C=O) groups is 1. The Morgan fingerprint density at radius 2 is 1.96 bits per heavy atom. The summed E-state index contributed by atoms with van der Waals surface area (Å²) in [7, 11) is 1.60. The molecule has 7 nitrogen and oxygen atoms in total. The Balaban J connectivity index is 1.90. The van der Waals surface area contributed by atoms with Crippen molar-refractivity contribution in [1.82, 2.24) is 4.90 Å². The van der Waals surface area contributed by atoms with Crippen LogP contribution in [0.1, 0.15) is 15.9 Å². The van der Waals surface area contributed by atoms with E-state index >= 15 is 0 Å². The van der Waals surface area contributed by atoms with Crippen molar-refractivity contribution in [3.05, 3.63) is 69.8 Å². The van der Waals surface area contributed by atoms with Gasteiger partial charge in [0.15, 0.2) is 0 Å². The number of benzene rings is 2. The third-order valence-electron chi connectivity index (χ3n) is 3.51. The number of amides is 1. The van der Waals surface area contributed by atoms with E-state index in [0.29, 0.717) is 19.8 Å². The number of nitro groups is 1. The molecule has 0 fully saturated rings. The monoisotopic (exact) mass is 329 g/mol. The van der Waals surface area contributed by atoms with Crippen molar-refractivity contribution in [2.45, 2.75) is 6.61 Å². The van der Waals surface area contributed by atoms with Gasteiger partial charge in [0.1, 0.15) is 0 Å². The van der Waals surface area contributed by atoms with E-state index < -0.39 is 4.92 Å². The summed E-state index contributed by atoms with van der Waals surface area (Å²) >= 11 is 0. The first-order chi connectivity index (χ1) is 11.5. The molecule has 0 aliphatic carbocycles. The molecule has 24 heavy (non-hydrogen) atoms. The number of nitrogens with two attached hydrogens (primary N) is 1. The molecule has 0 spiro atoms. The summed E-state index contributed by atoms with van der Waals surface area (Å²) in [6, 6.07) is 13.5. The molecule has 0 aliphatic heterocycles. The molecule has 2 rings (SSSR count). The highest BCUT2D eigenvalue weighted by atomic mass is 16.6. The number of nitrogens with zero attached hydrogens (tertiary/aromatic N) is 2. The van der Waals surface area contributed by atoms with Crippen molar-refractivity contribution in [1.29, 1.82) is 0 Å². The van der Waals surface area contributed by atoms with Gasteiger partial charge in [0.05, 0.1) is 23.7 Å². The first-order valence-corrected chi connectivity index (χ1v) is 7.40. The maximum absolute atomic E-state index is 12.4. The van der Waals surface area contributed by atoms with Crippen LogP contribution in [0, 0.1) is 10.1 Å². The molecule has 0 saturated carbocycles. The Hall–Kier alpha value is -2.93. The van der Waals surface area contributed by atoms with Gasteiger partial charge < -0.3 is 15.4 Å². The number of likely N-dealkylation sites (N-methyl/N-ethyl adjacent to an activating group) is 1. The summed E-state index contributed by atoms with van der Waals surface area (Å²) in [6.07, 6.45) is 0. The number of nitro benzene ring substituents is 1. The predicted molar refractivity (Wildman–Crippen MR) is 90.6 cm³/mol. The molecule has 1 amide bonds. The zero-order chi connectivity index (χ0) is 17.5. The average Bonchev–Trinajstić information content (AvgIpc) is 2.59. The maximum atomic E-state index is 12.4. The minimum Gasteiger partial charge on any atom is -0.398 e. The SMILES string of the molecule is CN(CCOCc1ccccc1)C(=O)c1cc([N+](=O)[O-])ccc1N. The highest BCUT2D eigenvalue weighted by Gasteiger charge is 2.18. The van der Waals surface area contributed by atoms with Gasteiger partial charge in [-0.1, -0.05) is 30.3 Å². The zero-order valence-electron chi connectivity index (χ0n) is 13.3. The van der Waals surface area contributed by atoms with E-state index in [4.69, 9.17) is 10.5 Å². The van der Waals surface area contributed by atoms with Gasteiger partial charge in [-0.25, -0.2) is 0 Å². The molecule has 2 N–H and O–H groups in total. The number of hydrogen-bond acceptors (Lipinski definition) is 5. The smallest absolute Gasteiger partial charge is 0.270 e. The van der Waals surface area contributed by atoms with Crippen molar-refractivity contribution < 1.29 is 14.5 Å². The molecule has 0 atom stereocenters. The number of rotatable bonds is 7. The van der Waals surface area contributed by atoms with Crippen LogP contribution in [-0.4, -0.2) is 35.9 Å². The lowest BCUT2D eigenvalue weighted by molar-refractivity contribution is -0.384. The standard InChI is InChI=1S/C17H19N3O4/c1-19(9-10-24-12-13-5-3-2-4-6-13)17(21)15-11-14(20(22)23)7-8-16(15)18/h2-8,11H,9-10,12,18H2,1H3.